The molecule has 0 saturated heterocycles. The highest BCUT2D eigenvalue weighted by atomic mass is 16.1. The maximum Gasteiger partial charge on any atom is 0.180 e. The molecule has 5 heteroatoms. The Kier molecular flexibility index (Phi) is 6.42. The van der Waals surface area contributed by atoms with Gasteiger partial charge in [-0.2, -0.15) is 0 Å². The number of nitrogens with zero attached hydrogens (tertiary/aromatic N) is 2. The van der Waals surface area contributed by atoms with Gasteiger partial charge in [0.2, 0.25) is 0 Å². The molecule has 1 aromatic heterocycles. The zero-order valence-corrected chi connectivity index (χ0v) is 17.3. The monoisotopic (exact) mass is 399 g/mol. The molecule has 3 rings (SSSR count). The van der Waals surface area contributed by atoms with Gasteiger partial charge in [-0.15, -0.1) is 0 Å². The van der Waals surface area contributed by atoms with Gasteiger partial charge in [-0.25, -0.2) is 4.98 Å². The highest BCUT2D eigenvalue weighted by molar-refractivity contribution is 5.98. The van der Waals surface area contributed by atoms with Gasteiger partial charge in [0.1, 0.15) is 17.3 Å². The summed E-state index contributed by atoms with van der Waals surface area (Å²) in [5.41, 5.74) is 3.57. The van der Waals surface area contributed by atoms with Gasteiger partial charge in [-0.05, 0) is 42.8 Å². The van der Waals surface area contributed by atoms with E-state index in [2.05, 4.69) is 18.5 Å². The van der Waals surface area contributed by atoms with Gasteiger partial charge in [-0.3, -0.25) is 14.5 Å². The van der Waals surface area contributed by atoms with Crippen molar-refractivity contribution in [3.05, 3.63) is 102 Å². The second-order valence-electron chi connectivity index (χ2n) is 6.93. The first-order valence-electron chi connectivity index (χ1n) is 9.84. The quantitative estimate of drug-likeness (QED) is 0.528. The third-order valence-corrected chi connectivity index (χ3v) is 4.84. The predicted octanol–water partition coefficient (Wildman–Crippen LogP) is 4.93. The van der Waals surface area contributed by atoms with Crippen LogP contribution in [0, 0.1) is 6.92 Å². The topological polar surface area (TPSA) is 62.3 Å². The molecule has 1 aliphatic heterocycles. The molecule has 152 valence electrons. The Morgan fingerprint density at radius 1 is 1.27 bits per heavy atom. The van der Waals surface area contributed by atoms with Crippen molar-refractivity contribution in [2.24, 2.45) is 0 Å². The molecule has 1 aliphatic rings. The van der Waals surface area contributed by atoms with E-state index in [-0.39, 0.29) is 18.0 Å². The zero-order valence-electron chi connectivity index (χ0n) is 17.3. The molecule has 0 amide bonds. The smallest absolute Gasteiger partial charge is 0.180 e. The molecule has 0 saturated carbocycles. The van der Waals surface area contributed by atoms with E-state index in [1.54, 1.807) is 30.4 Å². The summed E-state index contributed by atoms with van der Waals surface area (Å²) in [5.74, 6) is 1.01. The van der Waals surface area contributed by atoms with E-state index in [1.807, 2.05) is 49.1 Å². The van der Waals surface area contributed by atoms with E-state index < -0.39 is 0 Å². The number of benzene rings is 1. The number of carbonyl (C=O) groups is 2. The Balaban J connectivity index is 2.27. The van der Waals surface area contributed by atoms with Crippen molar-refractivity contribution in [2.75, 3.05) is 4.90 Å². The number of aryl methyl sites for hydroxylation is 1. The molecule has 2 aromatic rings. The lowest BCUT2D eigenvalue weighted by Gasteiger charge is -2.28. The number of pyridine rings is 1. The summed E-state index contributed by atoms with van der Waals surface area (Å²) in [6.45, 7) is 11.3. The lowest BCUT2D eigenvalue weighted by molar-refractivity contribution is -0.114. The molecule has 5 nitrogen and oxygen atoms in total. The zero-order chi connectivity index (χ0) is 21.7. The molecule has 1 aromatic carbocycles. The van der Waals surface area contributed by atoms with Crippen LogP contribution in [0.2, 0.25) is 0 Å². The van der Waals surface area contributed by atoms with Crippen LogP contribution >= 0.6 is 0 Å². The fraction of sp³-hybridized carbons (Fsp3) is 0.160. The summed E-state index contributed by atoms with van der Waals surface area (Å²) in [6, 6.07) is 11.4. The number of para-hydroxylation sites is 1. The first kappa shape index (κ1) is 21.0. The first-order chi connectivity index (χ1) is 14.5. The number of anilines is 2. The SMILES string of the molecule is C=C/C=C(\C=C)NC1=CC(=O)Cc2c(C)cc(C(=O)CC)nc2N1c1ccccc1. The molecule has 0 aliphatic carbocycles. The van der Waals surface area contributed by atoms with E-state index in [0.29, 0.717) is 29.5 Å². The van der Waals surface area contributed by atoms with Crippen LogP contribution in [0.15, 0.2) is 85.4 Å². The van der Waals surface area contributed by atoms with Crippen LogP contribution in [-0.4, -0.2) is 16.6 Å². The third-order valence-electron chi connectivity index (χ3n) is 4.84. The lowest BCUT2D eigenvalue weighted by atomic mass is 10.0. The summed E-state index contributed by atoms with van der Waals surface area (Å²) in [5, 5.41) is 3.26. The van der Waals surface area contributed by atoms with Gasteiger partial charge < -0.3 is 5.32 Å². The fourth-order valence-electron chi connectivity index (χ4n) is 3.33. The Morgan fingerprint density at radius 3 is 2.63 bits per heavy atom. The molecular formula is C25H25N3O2. The largest absolute Gasteiger partial charge is 0.341 e. The van der Waals surface area contributed by atoms with E-state index in [1.165, 1.54) is 0 Å². The molecule has 2 heterocycles. The van der Waals surface area contributed by atoms with Gasteiger partial charge in [0, 0.05) is 35.9 Å². The molecule has 0 atom stereocenters. The lowest BCUT2D eigenvalue weighted by Crippen LogP contribution is -2.29. The molecule has 0 radical (unpaired) electrons. The van der Waals surface area contributed by atoms with Crippen LogP contribution in [-0.2, 0) is 11.2 Å². The standard InChI is InChI=1S/C25H25N3O2/c1-5-11-18(6-2)26-24-16-20(29)15-21-17(4)14-22(23(30)7-3)27-25(21)28(24)19-12-9-8-10-13-19/h5-6,8-14,16,26H,1-2,7,15H2,3-4H3/b18-11+. The maximum atomic E-state index is 12.8. The highest BCUT2D eigenvalue weighted by Crippen LogP contribution is 2.35. The van der Waals surface area contributed by atoms with E-state index in [9.17, 15) is 9.59 Å². The Morgan fingerprint density at radius 2 is 2.00 bits per heavy atom. The molecule has 0 bridgehead atoms. The van der Waals surface area contributed by atoms with Gasteiger partial charge in [0.25, 0.3) is 0 Å². The summed E-state index contributed by atoms with van der Waals surface area (Å²) < 4.78 is 0. The normalized spacial score (nSPS) is 13.8. The second kappa shape index (κ2) is 9.18. The van der Waals surface area contributed by atoms with Crippen molar-refractivity contribution >= 4 is 23.1 Å². The molecule has 0 spiro atoms. The van der Waals surface area contributed by atoms with Gasteiger partial charge in [0.15, 0.2) is 11.6 Å². The number of Topliss-reactive ketones (excluding diaryl/α,β-unsaturated/α-hetero) is 1. The van der Waals surface area contributed by atoms with E-state index in [4.69, 9.17) is 4.98 Å². The first-order valence-corrected chi connectivity index (χ1v) is 9.84. The number of fused-ring (bicyclic) bond motifs is 1. The van der Waals surface area contributed by atoms with Gasteiger partial charge >= 0.3 is 0 Å². The predicted molar refractivity (Wildman–Crippen MR) is 121 cm³/mol. The Bertz CT molecular complexity index is 1070. The van der Waals surface area contributed by atoms with Crippen LogP contribution in [0.1, 0.15) is 35.0 Å². The van der Waals surface area contributed by atoms with Crippen molar-refractivity contribution in [1.82, 2.24) is 10.3 Å². The average Bonchev–Trinajstić information content (AvgIpc) is 2.89. The fourth-order valence-corrected chi connectivity index (χ4v) is 3.33. The number of allylic oxidation sites excluding steroid dienone is 4. The average molecular weight is 399 g/mol. The van der Waals surface area contributed by atoms with Crippen LogP contribution < -0.4 is 10.2 Å². The van der Waals surface area contributed by atoms with Crippen LogP contribution in [0.4, 0.5) is 11.5 Å². The van der Waals surface area contributed by atoms with Crippen molar-refractivity contribution < 1.29 is 9.59 Å². The minimum atomic E-state index is -0.0568. The number of hydrogen-bond donors (Lipinski definition) is 1. The minimum Gasteiger partial charge on any atom is -0.341 e. The maximum absolute atomic E-state index is 12.8. The molecule has 30 heavy (non-hydrogen) atoms. The Hall–Kier alpha value is -3.73. The van der Waals surface area contributed by atoms with Crippen molar-refractivity contribution in [3.63, 3.8) is 0 Å². The summed E-state index contributed by atoms with van der Waals surface area (Å²) in [6.07, 6.45) is 7.19. The number of rotatable bonds is 7. The van der Waals surface area contributed by atoms with Crippen molar-refractivity contribution in [1.29, 1.82) is 0 Å². The second-order valence-corrected chi connectivity index (χ2v) is 6.93. The van der Waals surface area contributed by atoms with Gasteiger partial charge in [0.05, 0.1) is 0 Å². The summed E-state index contributed by atoms with van der Waals surface area (Å²) in [4.78, 5) is 31.8. The van der Waals surface area contributed by atoms with Crippen LogP contribution in [0.25, 0.3) is 0 Å². The molecule has 0 fully saturated rings. The molecular weight excluding hydrogens is 374 g/mol. The number of nitrogens with one attached hydrogen (secondary N) is 1. The summed E-state index contributed by atoms with van der Waals surface area (Å²) in [7, 11) is 0. The van der Waals surface area contributed by atoms with E-state index >= 15 is 0 Å². The Labute approximate surface area is 177 Å². The molecule has 1 N–H and O–H groups in total. The number of carbonyl (C=O) groups excluding carboxylic acids is 2. The highest BCUT2D eigenvalue weighted by Gasteiger charge is 2.27. The van der Waals surface area contributed by atoms with Crippen molar-refractivity contribution in [2.45, 2.75) is 26.7 Å². The summed E-state index contributed by atoms with van der Waals surface area (Å²) >= 11 is 0. The molecule has 0 unspecified atom stereocenters. The minimum absolute atomic E-state index is 0.0405. The number of hydrogen-bond acceptors (Lipinski definition) is 5. The number of aromatic nitrogens is 1. The third kappa shape index (κ3) is 4.30. The van der Waals surface area contributed by atoms with E-state index in [0.717, 1.165) is 16.8 Å². The van der Waals surface area contributed by atoms with Crippen LogP contribution in [0.3, 0.4) is 0 Å². The van der Waals surface area contributed by atoms with Crippen LogP contribution in [0.5, 0.6) is 0 Å². The van der Waals surface area contributed by atoms with Crippen molar-refractivity contribution in [3.8, 4) is 0 Å². The number of ketones is 2. The van der Waals surface area contributed by atoms with Gasteiger partial charge in [-0.1, -0.05) is 44.4 Å².